The molecule has 4 saturated carbocycles. The van der Waals surface area contributed by atoms with E-state index in [2.05, 4.69) is 27.7 Å². The molecular formula is C28H43NO5. The van der Waals surface area contributed by atoms with Gasteiger partial charge in [0.2, 0.25) is 0 Å². The van der Waals surface area contributed by atoms with Gasteiger partial charge in [-0.1, -0.05) is 27.7 Å². The van der Waals surface area contributed by atoms with Crippen molar-refractivity contribution in [2.75, 3.05) is 13.7 Å². The second-order valence-corrected chi connectivity index (χ2v) is 13.1. The smallest absolute Gasteiger partial charge is 0.411 e. The highest BCUT2D eigenvalue weighted by Gasteiger charge is 2.63. The Morgan fingerprint density at radius 3 is 2.56 bits per heavy atom. The van der Waals surface area contributed by atoms with Crippen LogP contribution in [0.15, 0.2) is 0 Å². The SMILES string of the molecule is COC(=O)[C@@H](CC(C)C)N1C[C@]2(CC[C@@]3(C)[C@@H](CC[C@@H]4[C@@H]3CC[C@]3(C)C(=O)CC[C@@H]43)C2)OC1=O. The van der Waals surface area contributed by atoms with Crippen LogP contribution in [0.4, 0.5) is 4.79 Å². The molecule has 1 amide bonds. The van der Waals surface area contributed by atoms with Crippen molar-refractivity contribution in [3.05, 3.63) is 0 Å². The topological polar surface area (TPSA) is 72.9 Å². The zero-order chi connectivity index (χ0) is 24.5. The third-order valence-corrected chi connectivity index (χ3v) is 11.1. The van der Waals surface area contributed by atoms with Gasteiger partial charge in [0.1, 0.15) is 17.4 Å². The minimum atomic E-state index is -0.572. The number of ether oxygens (including phenoxy) is 2. The van der Waals surface area contributed by atoms with Crippen LogP contribution >= 0.6 is 0 Å². The molecule has 5 rings (SSSR count). The van der Waals surface area contributed by atoms with Crippen LogP contribution in [-0.4, -0.2) is 48.0 Å². The molecule has 0 radical (unpaired) electrons. The number of ketones is 1. The van der Waals surface area contributed by atoms with Gasteiger partial charge in [-0.15, -0.1) is 0 Å². The zero-order valence-corrected chi connectivity index (χ0v) is 21.7. The van der Waals surface area contributed by atoms with E-state index in [4.69, 9.17) is 9.47 Å². The van der Waals surface area contributed by atoms with Crippen molar-refractivity contribution >= 4 is 17.8 Å². The summed E-state index contributed by atoms with van der Waals surface area (Å²) in [5, 5.41) is 0. The predicted molar refractivity (Wildman–Crippen MR) is 128 cm³/mol. The van der Waals surface area contributed by atoms with Crippen LogP contribution in [0.25, 0.3) is 0 Å². The van der Waals surface area contributed by atoms with E-state index in [-0.39, 0.29) is 28.8 Å². The summed E-state index contributed by atoms with van der Waals surface area (Å²) < 4.78 is 11.2. The molecule has 0 N–H and O–H groups in total. The normalized spacial score (nSPS) is 44.5. The van der Waals surface area contributed by atoms with Crippen LogP contribution in [0.2, 0.25) is 0 Å². The standard InChI is InChI=1S/C28H43NO5/c1-17(2)14-22(24(31)33-5)29-16-28(34-25(29)32)13-12-26(3)18(15-28)6-7-19-20-8-9-23(30)27(20,4)11-10-21(19)26/h17-22H,6-16H2,1-5H3/t18-,19-,20-,21-,22+,26-,27-,28+/m0/s1. The molecular weight excluding hydrogens is 430 g/mol. The number of Topliss-reactive ketones (excluding diaryl/α,β-unsaturated/α-hetero) is 1. The predicted octanol–water partition coefficient (Wildman–Crippen LogP) is 5.38. The Morgan fingerprint density at radius 2 is 1.85 bits per heavy atom. The van der Waals surface area contributed by atoms with Crippen molar-refractivity contribution in [2.24, 2.45) is 40.4 Å². The van der Waals surface area contributed by atoms with Gasteiger partial charge in [-0.05, 0) is 92.8 Å². The number of methoxy groups -OCH3 is 1. The molecule has 1 saturated heterocycles. The van der Waals surface area contributed by atoms with E-state index in [0.29, 0.717) is 42.4 Å². The van der Waals surface area contributed by atoms with Crippen LogP contribution in [0, 0.1) is 40.4 Å². The summed E-state index contributed by atoms with van der Waals surface area (Å²) in [7, 11) is 1.39. The van der Waals surface area contributed by atoms with E-state index in [1.807, 2.05) is 0 Å². The van der Waals surface area contributed by atoms with Gasteiger partial charge in [0.25, 0.3) is 0 Å². The maximum absolute atomic E-state index is 13.0. The lowest BCUT2D eigenvalue weighted by Gasteiger charge is -2.61. The fourth-order valence-corrected chi connectivity index (χ4v) is 9.14. The number of nitrogens with zero attached hydrogens (tertiary/aromatic N) is 1. The van der Waals surface area contributed by atoms with Crippen LogP contribution in [0.3, 0.4) is 0 Å². The van der Waals surface area contributed by atoms with Gasteiger partial charge in [0.05, 0.1) is 13.7 Å². The van der Waals surface area contributed by atoms with E-state index in [0.717, 1.165) is 51.4 Å². The highest BCUT2D eigenvalue weighted by molar-refractivity contribution is 5.87. The van der Waals surface area contributed by atoms with Gasteiger partial charge in [-0.2, -0.15) is 0 Å². The third kappa shape index (κ3) is 3.52. The average molecular weight is 474 g/mol. The van der Waals surface area contributed by atoms with Crippen molar-refractivity contribution in [2.45, 2.75) is 104 Å². The first-order valence-corrected chi connectivity index (χ1v) is 13.6. The van der Waals surface area contributed by atoms with Crippen molar-refractivity contribution < 1.29 is 23.9 Å². The number of hydrogen-bond acceptors (Lipinski definition) is 5. The van der Waals surface area contributed by atoms with Crippen molar-refractivity contribution in [1.82, 2.24) is 4.90 Å². The highest BCUT2D eigenvalue weighted by Crippen LogP contribution is 2.66. The first-order valence-electron chi connectivity index (χ1n) is 13.6. The molecule has 8 atom stereocenters. The highest BCUT2D eigenvalue weighted by atomic mass is 16.6. The molecule has 6 heteroatoms. The Balaban J connectivity index is 1.33. The van der Waals surface area contributed by atoms with Crippen LogP contribution in [-0.2, 0) is 19.1 Å². The lowest BCUT2D eigenvalue weighted by Crippen LogP contribution is -2.56. The van der Waals surface area contributed by atoms with Gasteiger partial charge in [-0.3, -0.25) is 9.69 Å². The van der Waals surface area contributed by atoms with Gasteiger partial charge in [0.15, 0.2) is 0 Å². The van der Waals surface area contributed by atoms with Crippen LogP contribution < -0.4 is 0 Å². The number of carbonyl (C=O) groups is 3. The van der Waals surface area contributed by atoms with Gasteiger partial charge < -0.3 is 9.47 Å². The molecule has 0 aromatic rings. The van der Waals surface area contributed by atoms with E-state index in [1.54, 1.807) is 4.90 Å². The summed E-state index contributed by atoms with van der Waals surface area (Å²) in [6.07, 6.45) is 9.47. The summed E-state index contributed by atoms with van der Waals surface area (Å²) in [5.41, 5.74) is -0.314. The molecule has 5 fully saturated rings. The summed E-state index contributed by atoms with van der Waals surface area (Å²) in [4.78, 5) is 39.9. The molecule has 1 aliphatic heterocycles. The molecule has 0 aromatic heterocycles. The molecule has 4 aliphatic carbocycles. The molecule has 0 unspecified atom stereocenters. The number of rotatable bonds is 4. The molecule has 1 spiro atoms. The molecule has 6 nitrogen and oxygen atoms in total. The number of esters is 1. The second-order valence-electron chi connectivity index (χ2n) is 13.1. The maximum Gasteiger partial charge on any atom is 0.411 e. The average Bonchev–Trinajstić information content (AvgIpc) is 3.28. The summed E-state index contributed by atoms with van der Waals surface area (Å²) in [5.74, 6) is 2.85. The zero-order valence-electron chi connectivity index (χ0n) is 21.7. The quantitative estimate of drug-likeness (QED) is 0.513. The number of fused-ring (bicyclic) bond motifs is 5. The third-order valence-electron chi connectivity index (χ3n) is 11.1. The Kier molecular flexibility index (Phi) is 5.84. The monoisotopic (exact) mass is 473 g/mol. The van der Waals surface area contributed by atoms with Crippen molar-refractivity contribution in [3.63, 3.8) is 0 Å². The van der Waals surface area contributed by atoms with E-state index < -0.39 is 11.6 Å². The van der Waals surface area contributed by atoms with E-state index in [1.165, 1.54) is 13.5 Å². The number of amides is 1. The Labute approximate surface area is 204 Å². The largest absolute Gasteiger partial charge is 0.467 e. The van der Waals surface area contributed by atoms with Crippen molar-refractivity contribution in [3.8, 4) is 0 Å². The van der Waals surface area contributed by atoms with Gasteiger partial charge in [-0.25, -0.2) is 9.59 Å². The Morgan fingerprint density at radius 1 is 1.09 bits per heavy atom. The minimum Gasteiger partial charge on any atom is -0.467 e. The Bertz CT molecular complexity index is 871. The van der Waals surface area contributed by atoms with Gasteiger partial charge >= 0.3 is 12.1 Å². The Hall–Kier alpha value is -1.59. The number of carbonyl (C=O) groups excluding carboxylic acids is 3. The fraction of sp³-hybridized carbons (Fsp3) is 0.893. The molecule has 0 bridgehead atoms. The summed E-state index contributed by atoms with van der Waals surface area (Å²) in [6.45, 7) is 9.35. The van der Waals surface area contributed by atoms with E-state index >= 15 is 0 Å². The molecule has 1 heterocycles. The lowest BCUT2D eigenvalue weighted by molar-refractivity contribution is -0.149. The molecule has 5 aliphatic rings. The molecule has 34 heavy (non-hydrogen) atoms. The van der Waals surface area contributed by atoms with Crippen molar-refractivity contribution in [1.29, 1.82) is 0 Å². The van der Waals surface area contributed by atoms with Crippen LogP contribution in [0.5, 0.6) is 0 Å². The second kappa shape index (κ2) is 8.23. The lowest BCUT2D eigenvalue weighted by atomic mass is 9.44. The van der Waals surface area contributed by atoms with E-state index in [9.17, 15) is 14.4 Å². The first kappa shape index (κ1) is 24.1. The summed E-state index contributed by atoms with van der Waals surface area (Å²) >= 11 is 0. The number of hydrogen-bond donors (Lipinski definition) is 0. The summed E-state index contributed by atoms with van der Waals surface area (Å²) in [6, 6.07) is -0.572. The first-order chi connectivity index (χ1) is 16.0. The molecule has 0 aromatic carbocycles. The minimum absolute atomic E-state index is 0.0823. The fourth-order valence-electron chi connectivity index (χ4n) is 9.14. The maximum atomic E-state index is 13.0. The van der Waals surface area contributed by atoms with Crippen LogP contribution in [0.1, 0.15) is 91.9 Å². The van der Waals surface area contributed by atoms with Gasteiger partial charge in [0, 0.05) is 11.8 Å². The molecule has 190 valence electrons.